The summed E-state index contributed by atoms with van der Waals surface area (Å²) in [6, 6.07) is 4.79. The Morgan fingerprint density at radius 3 is 3.04 bits per heavy atom. The molecule has 0 saturated heterocycles. The van der Waals surface area contributed by atoms with Crippen molar-refractivity contribution in [1.29, 1.82) is 0 Å². The third kappa shape index (κ3) is 3.90. The number of thiophene rings is 1. The zero-order valence-corrected chi connectivity index (χ0v) is 15.7. The van der Waals surface area contributed by atoms with Gasteiger partial charge in [-0.3, -0.25) is 10.1 Å². The van der Waals surface area contributed by atoms with Crippen LogP contribution in [0, 0.1) is 5.82 Å². The molecule has 0 aliphatic heterocycles. The van der Waals surface area contributed by atoms with E-state index in [1.807, 2.05) is 0 Å². The van der Waals surface area contributed by atoms with Gasteiger partial charge in [0.15, 0.2) is 4.34 Å². The number of anilines is 1. The number of carbonyl (C=O) groups excluding carboxylic acids is 1. The van der Waals surface area contributed by atoms with E-state index in [0.29, 0.717) is 25.7 Å². The molecule has 0 aliphatic rings. The van der Waals surface area contributed by atoms with Crippen molar-refractivity contribution in [2.45, 2.75) is 10.9 Å². The van der Waals surface area contributed by atoms with Crippen LogP contribution >= 0.6 is 34.4 Å². The lowest BCUT2D eigenvalue weighted by atomic mass is 10.1. The van der Waals surface area contributed by atoms with Crippen molar-refractivity contribution >= 4 is 55.6 Å². The minimum atomic E-state index is -0.362. The molecule has 3 aromatic rings. The molecule has 2 heterocycles. The lowest BCUT2D eigenvalue weighted by molar-refractivity contribution is 0.102. The standard InChI is InChI=1S/C16H14FN3O2S3/c1-3-7-23-16-20-19-15(25-16)18-14(21)13-9(8-22-2)12-10(17)5-4-6-11(12)24-13/h3-6H,1,7-8H2,2H3,(H,18,19,21). The second-order valence-corrected chi connectivity index (χ2v) is 8.18. The Balaban J connectivity index is 1.89. The Morgan fingerprint density at radius 1 is 1.44 bits per heavy atom. The van der Waals surface area contributed by atoms with Gasteiger partial charge >= 0.3 is 0 Å². The van der Waals surface area contributed by atoms with Crippen molar-refractivity contribution in [2.75, 3.05) is 18.2 Å². The maximum absolute atomic E-state index is 14.2. The molecule has 130 valence electrons. The van der Waals surface area contributed by atoms with Crippen LogP contribution in [0.2, 0.25) is 0 Å². The Morgan fingerprint density at radius 2 is 2.28 bits per heavy atom. The lowest BCUT2D eigenvalue weighted by Gasteiger charge is -2.03. The largest absolute Gasteiger partial charge is 0.380 e. The molecular formula is C16H14FN3O2S3. The van der Waals surface area contributed by atoms with Crippen molar-refractivity contribution < 1.29 is 13.9 Å². The van der Waals surface area contributed by atoms with Crippen LogP contribution in [0.1, 0.15) is 15.2 Å². The van der Waals surface area contributed by atoms with Gasteiger partial charge in [0.2, 0.25) is 5.13 Å². The molecule has 0 unspecified atom stereocenters. The quantitative estimate of drug-likeness (QED) is 0.361. The first-order valence-corrected chi connectivity index (χ1v) is 9.83. The van der Waals surface area contributed by atoms with Crippen molar-refractivity contribution in [1.82, 2.24) is 10.2 Å². The molecular weight excluding hydrogens is 381 g/mol. The number of halogens is 1. The lowest BCUT2D eigenvalue weighted by Crippen LogP contribution is -2.12. The fourth-order valence-corrected chi connectivity index (χ4v) is 4.86. The van der Waals surface area contributed by atoms with Gasteiger partial charge in [-0.05, 0) is 12.1 Å². The number of nitrogens with zero attached hydrogens (tertiary/aromatic N) is 2. The highest BCUT2D eigenvalue weighted by Gasteiger charge is 2.21. The summed E-state index contributed by atoms with van der Waals surface area (Å²) in [4.78, 5) is 13.1. The molecule has 5 nitrogen and oxygen atoms in total. The van der Waals surface area contributed by atoms with E-state index >= 15 is 0 Å². The number of benzene rings is 1. The Bertz CT molecular complexity index is 923. The zero-order valence-electron chi connectivity index (χ0n) is 13.2. The van der Waals surface area contributed by atoms with E-state index in [-0.39, 0.29) is 18.3 Å². The molecule has 0 fully saturated rings. The van der Waals surface area contributed by atoms with E-state index in [1.54, 1.807) is 18.2 Å². The van der Waals surface area contributed by atoms with Crippen LogP contribution in [0.15, 0.2) is 35.2 Å². The van der Waals surface area contributed by atoms with E-state index < -0.39 is 0 Å². The molecule has 1 amide bonds. The zero-order chi connectivity index (χ0) is 17.8. The summed E-state index contributed by atoms with van der Waals surface area (Å²) in [6.07, 6.45) is 1.77. The minimum Gasteiger partial charge on any atom is -0.380 e. The molecule has 0 saturated carbocycles. The number of carbonyl (C=O) groups is 1. The highest BCUT2D eigenvalue weighted by molar-refractivity contribution is 8.01. The third-order valence-corrected chi connectivity index (χ3v) is 6.37. The van der Waals surface area contributed by atoms with E-state index in [1.165, 1.54) is 47.6 Å². The third-order valence-electron chi connectivity index (χ3n) is 3.21. The van der Waals surface area contributed by atoms with Gasteiger partial charge in [0.1, 0.15) is 5.82 Å². The number of thioether (sulfide) groups is 1. The average molecular weight is 396 g/mol. The summed E-state index contributed by atoms with van der Waals surface area (Å²) in [5, 5.41) is 11.5. The van der Waals surface area contributed by atoms with Gasteiger partial charge in [0.25, 0.3) is 5.91 Å². The van der Waals surface area contributed by atoms with Crippen molar-refractivity contribution in [2.24, 2.45) is 0 Å². The van der Waals surface area contributed by atoms with Crippen LogP contribution in [0.4, 0.5) is 9.52 Å². The number of amides is 1. The van der Waals surface area contributed by atoms with E-state index in [2.05, 4.69) is 22.1 Å². The number of nitrogens with one attached hydrogen (secondary N) is 1. The molecule has 0 spiro atoms. The molecule has 9 heteroatoms. The second kappa shape index (κ2) is 8.05. The number of hydrogen-bond acceptors (Lipinski definition) is 7. The monoisotopic (exact) mass is 395 g/mol. The van der Waals surface area contributed by atoms with Gasteiger partial charge < -0.3 is 4.74 Å². The summed E-state index contributed by atoms with van der Waals surface area (Å²) in [5.74, 6) is 0.0128. The Kier molecular flexibility index (Phi) is 5.79. The summed E-state index contributed by atoms with van der Waals surface area (Å²) in [7, 11) is 1.51. The fourth-order valence-electron chi connectivity index (χ4n) is 2.24. The van der Waals surface area contributed by atoms with Gasteiger partial charge in [0, 0.05) is 28.5 Å². The van der Waals surface area contributed by atoms with Crippen molar-refractivity contribution in [3.05, 3.63) is 47.1 Å². The summed E-state index contributed by atoms with van der Waals surface area (Å²) in [5.41, 5.74) is 0.545. The van der Waals surface area contributed by atoms with Gasteiger partial charge in [-0.25, -0.2) is 4.39 Å². The SMILES string of the molecule is C=CCSc1nnc(NC(=O)c2sc3cccc(F)c3c2COC)s1. The van der Waals surface area contributed by atoms with E-state index in [0.717, 1.165) is 10.1 Å². The van der Waals surface area contributed by atoms with Gasteiger partial charge in [-0.1, -0.05) is 35.2 Å². The second-order valence-electron chi connectivity index (χ2n) is 4.88. The van der Waals surface area contributed by atoms with Crippen molar-refractivity contribution in [3.8, 4) is 0 Å². The maximum atomic E-state index is 14.2. The number of hydrogen-bond donors (Lipinski definition) is 1. The smallest absolute Gasteiger partial charge is 0.267 e. The molecule has 1 aromatic carbocycles. The normalized spacial score (nSPS) is 11.0. The molecule has 2 aromatic heterocycles. The molecule has 3 rings (SSSR count). The first-order valence-electron chi connectivity index (χ1n) is 7.21. The number of aromatic nitrogens is 2. The van der Waals surface area contributed by atoms with Crippen LogP contribution < -0.4 is 5.32 Å². The molecule has 0 bridgehead atoms. The van der Waals surface area contributed by atoms with E-state index in [9.17, 15) is 9.18 Å². The molecule has 0 atom stereocenters. The predicted octanol–water partition coefficient (Wildman–Crippen LogP) is 4.57. The molecule has 0 aliphatic carbocycles. The van der Waals surface area contributed by atoms with Crippen molar-refractivity contribution in [3.63, 3.8) is 0 Å². The number of rotatable bonds is 7. The highest BCUT2D eigenvalue weighted by atomic mass is 32.2. The Labute approximate surface area is 155 Å². The van der Waals surface area contributed by atoms with Gasteiger partial charge in [-0.2, -0.15) is 0 Å². The highest BCUT2D eigenvalue weighted by Crippen LogP contribution is 2.34. The van der Waals surface area contributed by atoms with Crippen LogP contribution in [0.25, 0.3) is 10.1 Å². The van der Waals surface area contributed by atoms with Crippen LogP contribution in [0.5, 0.6) is 0 Å². The summed E-state index contributed by atoms with van der Waals surface area (Å²) in [6.45, 7) is 3.80. The molecule has 25 heavy (non-hydrogen) atoms. The predicted molar refractivity (Wildman–Crippen MR) is 101 cm³/mol. The fraction of sp³-hybridized carbons (Fsp3) is 0.188. The maximum Gasteiger partial charge on any atom is 0.267 e. The van der Waals surface area contributed by atoms with Gasteiger partial charge in [0.05, 0.1) is 11.5 Å². The van der Waals surface area contributed by atoms with Gasteiger partial charge in [-0.15, -0.1) is 28.1 Å². The van der Waals surface area contributed by atoms with Crippen LogP contribution in [-0.4, -0.2) is 29.0 Å². The molecule has 0 radical (unpaired) electrons. The summed E-state index contributed by atoms with van der Waals surface area (Å²) >= 11 is 4.01. The Hall–Kier alpha value is -1.81. The number of fused-ring (bicyclic) bond motifs is 1. The number of methoxy groups -OCH3 is 1. The van der Waals surface area contributed by atoms with E-state index in [4.69, 9.17) is 4.74 Å². The van der Waals surface area contributed by atoms with Crippen LogP contribution in [-0.2, 0) is 11.3 Å². The number of ether oxygens (including phenoxy) is 1. The topological polar surface area (TPSA) is 64.1 Å². The summed E-state index contributed by atoms with van der Waals surface area (Å²) < 4.78 is 20.8. The van der Waals surface area contributed by atoms with Crippen LogP contribution in [0.3, 0.4) is 0 Å². The molecule has 1 N–H and O–H groups in total. The minimum absolute atomic E-state index is 0.153. The first-order chi connectivity index (χ1) is 12.1. The first kappa shape index (κ1) is 18.0. The average Bonchev–Trinajstić information content (AvgIpc) is 3.19.